The van der Waals surface area contributed by atoms with E-state index in [1.807, 2.05) is 0 Å². The molecule has 0 fully saturated rings. The third-order valence-corrected chi connectivity index (χ3v) is 5.49. The van der Waals surface area contributed by atoms with E-state index in [-0.39, 0.29) is 23.4 Å². The van der Waals surface area contributed by atoms with Crippen molar-refractivity contribution in [1.29, 1.82) is 5.41 Å². The summed E-state index contributed by atoms with van der Waals surface area (Å²) in [5.41, 5.74) is 6.75. The number of carboxylic acid groups (broad SMARTS) is 1. The molecule has 174 valence electrons. The van der Waals surface area contributed by atoms with Gasteiger partial charge in [-0.25, -0.2) is 17.9 Å². The molecule has 11 heteroatoms. The molecule has 0 saturated carbocycles. The van der Waals surface area contributed by atoms with Crippen LogP contribution in [0.1, 0.15) is 25.0 Å². The summed E-state index contributed by atoms with van der Waals surface area (Å²) >= 11 is 0. The molecule has 0 aliphatic rings. The third-order valence-electron chi connectivity index (χ3n) is 3.88. The fourth-order valence-electron chi connectivity index (χ4n) is 2.46. The van der Waals surface area contributed by atoms with Crippen LogP contribution in [0.5, 0.6) is 5.75 Å². The zero-order valence-corrected chi connectivity index (χ0v) is 18.8. The number of hydrogen-bond donors (Lipinski definition) is 4. The van der Waals surface area contributed by atoms with E-state index in [2.05, 4.69) is 9.46 Å². The Morgan fingerprint density at radius 2 is 1.66 bits per heavy atom. The van der Waals surface area contributed by atoms with Crippen LogP contribution in [0.2, 0.25) is 0 Å². The van der Waals surface area contributed by atoms with Gasteiger partial charge in [-0.15, -0.1) is 0 Å². The number of methoxy groups -OCH3 is 1. The summed E-state index contributed by atoms with van der Waals surface area (Å²) in [7, 11) is -2.40. The van der Waals surface area contributed by atoms with Crippen LogP contribution in [0.3, 0.4) is 0 Å². The summed E-state index contributed by atoms with van der Waals surface area (Å²) in [6.45, 7) is 2.68. The van der Waals surface area contributed by atoms with Crippen molar-refractivity contribution in [2.24, 2.45) is 5.73 Å². The minimum absolute atomic E-state index is 0.107. The van der Waals surface area contributed by atoms with Gasteiger partial charge in [0.15, 0.2) is 6.61 Å². The summed E-state index contributed by atoms with van der Waals surface area (Å²) in [6, 6.07) is 12.5. The number of amidine groups is 1. The van der Waals surface area contributed by atoms with Crippen LogP contribution in [-0.4, -0.2) is 51.1 Å². The number of nitrogen functional groups attached to an aromatic ring is 1. The van der Waals surface area contributed by atoms with Crippen molar-refractivity contribution in [2.75, 3.05) is 13.7 Å². The first kappa shape index (κ1) is 26.6. The van der Waals surface area contributed by atoms with E-state index < -0.39 is 22.0 Å². The number of nitrogens with one attached hydrogen (secondary N) is 2. The highest BCUT2D eigenvalue weighted by atomic mass is 32.2. The fourth-order valence-corrected chi connectivity index (χ4v) is 3.71. The zero-order valence-electron chi connectivity index (χ0n) is 18.0. The van der Waals surface area contributed by atoms with E-state index in [0.717, 1.165) is 12.5 Å². The summed E-state index contributed by atoms with van der Waals surface area (Å²) in [5.74, 6) is -0.902. The van der Waals surface area contributed by atoms with Gasteiger partial charge in [0.25, 0.3) is 5.97 Å². The molecule has 0 radical (unpaired) electrons. The third kappa shape index (κ3) is 9.58. The molecule has 0 aromatic heterocycles. The summed E-state index contributed by atoms with van der Waals surface area (Å²) < 4.78 is 37.4. The zero-order chi connectivity index (χ0) is 24.3. The van der Waals surface area contributed by atoms with Crippen LogP contribution in [0.4, 0.5) is 0 Å². The normalized spacial score (nSPS) is 11.5. The highest BCUT2D eigenvalue weighted by Gasteiger charge is 2.18. The highest BCUT2D eigenvalue weighted by molar-refractivity contribution is 7.89. The highest BCUT2D eigenvalue weighted by Crippen LogP contribution is 2.15. The van der Waals surface area contributed by atoms with Gasteiger partial charge in [-0.3, -0.25) is 10.2 Å². The Labute approximate surface area is 186 Å². The Morgan fingerprint density at radius 3 is 2.12 bits per heavy atom. The summed E-state index contributed by atoms with van der Waals surface area (Å²) in [5, 5.41) is 14.8. The van der Waals surface area contributed by atoms with Gasteiger partial charge in [0, 0.05) is 18.5 Å². The predicted octanol–water partition coefficient (Wildman–Crippen LogP) is 1.52. The molecule has 2 rings (SSSR count). The molecule has 0 aliphatic heterocycles. The molecule has 10 nitrogen and oxygen atoms in total. The Hall–Kier alpha value is -3.44. The van der Waals surface area contributed by atoms with Gasteiger partial charge in [0.2, 0.25) is 10.0 Å². The largest absolute Gasteiger partial charge is 0.482 e. The molecule has 32 heavy (non-hydrogen) atoms. The predicted molar refractivity (Wildman–Crippen MR) is 118 cm³/mol. The van der Waals surface area contributed by atoms with E-state index in [1.54, 1.807) is 31.2 Å². The number of hydrogen-bond acceptors (Lipinski definition) is 7. The maximum atomic E-state index is 12.5. The molecule has 1 atom stereocenters. The van der Waals surface area contributed by atoms with Crippen LogP contribution in [0.25, 0.3) is 0 Å². The standard InChI is InChI=1S/C19H23N3O5S.C2H4O2/c1-13(11-14-3-7-16(8-4-14)27-12-18(23)26-2)22-28(24,25)17-9-5-15(6-10-17)19(20)21;1-2(3)4/h3-10,13,22H,11-12H2,1-2H3,(H3,20,21);1H3,(H,3,4)/t13-;/m0./s1. The quantitative estimate of drug-likeness (QED) is 0.245. The van der Waals surface area contributed by atoms with Crippen molar-refractivity contribution >= 4 is 27.8 Å². The number of ether oxygens (including phenoxy) is 2. The Kier molecular flexibility index (Phi) is 10.3. The van der Waals surface area contributed by atoms with Gasteiger partial charge < -0.3 is 20.3 Å². The van der Waals surface area contributed by atoms with Crippen molar-refractivity contribution in [2.45, 2.75) is 31.2 Å². The van der Waals surface area contributed by atoms with Gasteiger partial charge >= 0.3 is 5.97 Å². The minimum Gasteiger partial charge on any atom is -0.482 e. The molecule has 0 amide bonds. The fraction of sp³-hybridized carbons (Fsp3) is 0.286. The SMILES string of the molecule is CC(=O)O.COC(=O)COc1ccc(C[C@H](C)NS(=O)(=O)c2ccc(C(=N)N)cc2)cc1. The van der Waals surface area contributed by atoms with Gasteiger partial charge in [-0.05, 0) is 55.3 Å². The lowest BCUT2D eigenvalue weighted by Crippen LogP contribution is -2.34. The number of sulfonamides is 1. The van der Waals surface area contributed by atoms with E-state index in [0.29, 0.717) is 17.7 Å². The van der Waals surface area contributed by atoms with E-state index in [1.165, 1.54) is 31.4 Å². The second-order valence-corrected chi connectivity index (χ2v) is 8.41. The number of carbonyl (C=O) groups excluding carboxylic acids is 1. The van der Waals surface area contributed by atoms with Crippen LogP contribution in [-0.2, 0) is 30.8 Å². The average Bonchev–Trinajstić information content (AvgIpc) is 2.72. The maximum absolute atomic E-state index is 12.5. The minimum atomic E-state index is -3.69. The van der Waals surface area contributed by atoms with Gasteiger partial charge in [-0.1, -0.05) is 12.1 Å². The van der Waals surface area contributed by atoms with Crippen LogP contribution in [0, 0.1) is 5.41 Å². The van der Waals surface area contributed by atoms with Crippen LogP contribution in [0.15, 0.2) is 53.4 Å². The number of benzene rings is 2. The van der Waals surface area contributed by atoms with Crippen molar-refractivity contribution in [1.82, 2.24) is 4.72 Å². The topological polar surface area (TPSA) is 169 Å². The molecule has 0 spiro atoms. The number of nitrogens with two attached hydrogens (primary N) is 1. The smallest absolute Gasteiger partial charge is 0.343 e. The van der Waals surface area contributed by atoms with E-state index in [4.69, 9.17) is 25.8 Å². The monoisotopic (exact) mass is 465 g/mol. The Morgan fingerprint density at radius 1 is 1.12 bits per heavy atom. The molecular formula is C21H27N3O7S. The number of rotatable bonds is 9. The molecular weight excluding hydrogens is 438 g/mol. The van der Waals surface area contributed by atoms with Crippen LogP contribution >= 0.6 is 0 Å². The summed E-state index contributed by atoms with van der Waals surface area (Å²) in [6.07, 6.45) is 0.474. The van der Waals surface area contributed by atoms with Gasteiger partial charge in [0.1, 0.15) is 11.6 Å². The Bertz CT molecular complexity index is 1020. The number of esters is 1. The first-order chi connectivity index (χ1) is 14.9. The average molecular weight is 466 g/mol. The van der Waals surface area contributed by atoms with Crippen molar-refractivity contribution in [3.05, 3.63) is 59.7 Å². The molecule has 2 aromatic rings. The summed E-state index contributed by atoms with van der Waals surface area (Å²) in [4.78, 5) is 20.2. The van der Waals surface area contributed by atoms with Crippen LogP contribution < -0.4 is 15.2 Å². The molecule has 0 aliphatic carbocycles. The molecule has 2 aromatic carbocycles. The van der Waals surface area contributed by atoms with Crippen molar-refractivity contribution in [3.63, 3.8) is 0 Å². The second kappa shape index (κ2) is 12.4. The van der Waals surface area contributed by atoms with E-state index in [9.17, 15) is 13.2 Å². The van der Waals surface area contributed by atoms with Gasteiger partial charge in [-0.2, -0.15) is 0 Å². The molecule has 5 N–H and O–H groups in total. The first-order valence-corrected chi connectivity index (χ1v) is 10.9. The second-order valence-electron chi connectivity index (χ2n) is 6.69. The molecule has 0 bridgehead atoms. The number of carboxylic acids is 1. The van der Waals surface area contributed by atoms with Gasteiger partial charge in [0.05, 0.1) is 12.0 Å². The van der Waals surface area contributed by atoms with Crippen molar-refractivity contribution in [3.8, 4) is 5.75 Å². The first-order valence-electron chi connectivity index (χ1n) is 9.39. The van der Waals surface area contributed by atoms with Crippen molar-refractivity contribution < 1.29 is 32.6 Å². The number of aliphatic carboxylic acids is 1. The lowest BCUT2D eigenvalue weighted by molar-refractivity contribution is -0.143. The molecule has 0 unspecified atom stereocenters. The van der Waals surface area contributed by atoms with E-state index >= 15 is 0 Å². The Balaban J connectivity index is 0.00000118. The molecule has 0 saturated heterocycles. The number of carbonyl (C=O) groups is 2. The maximum Gasteiger partial charge on any atom is 0.343 e. The lowest BCUT2D eigenvalue weighted by Gasteiger charge is -2.15. The molecule has 0 heterocycles. The lowest BCUT2D eigenvalue weighted by atomic mass is 10.1.